The summed E-state index contributed by atoms with van der Waals surface area (Å²) in [4.78, 5) is 16.2. The number of hydrogen-bond donors (Lipinski definition) is 3. The molecule has 134 valence electrons. The molecular weight excluding hydrogens is 495 g/mol. The highest BCUT2D eigenvalue weighted by atomic mass is 127. The van der Waals surface area contributed by atoms with Crippen molar-refractivity contribution < 1.29 is 4.79 Å². The molecule has 0 atom stereocenters. The summed E-state index contributed by atoms with van der Waals surface area (Å²) in [5.41, 5.74) is 7.66. The summed E-state index contributed by atoms with van der Waals surface area (Å²) in [6.07, 6.45) is 0.851. The van der Waals surface area contributed by atoms with Gasteiger partial charge in [-0.3, -0.25) is 9.79 Å². The maximum absolute atomic E-state index is 11.9. The van der Waals surface area contributed by atoms with Gasteiger partial charge in [0.25, 0.3) is 5.91 Å². The van der Waals surface area contributed by atoms with Crippen LogP contribution in [0.1, 0.15) is 15.9 Å². The third-order valence-corrected chi connectivity index (χ3v) is 3.88. The van der Waals surface area contributed by atoms with Crippen LogP contribution in [-0.2, 0) is 6.42 Å². The Hall–Kier alpha value is -1.61. The summed E-state index contributed by atoms with van der Waals surface area (Å²) in [5.74, 6) is 0.285. The van der Waals surface area contributed by atoms with Crippen molar-refractivity contribution in [3.05, 3.63) is 70.2 Å². The molecular formula is C18H22BrIN4O. The molecule has 0 bridgehead atoms. The monoisotopic (exact) mass is 516 g/mol. The molecule has 25 heavy (non-hydrogen) atoms. The number of guanidine groups is 1. The van der Waals surface area contributed by atoms with Crippen molar-refractivity contribution in [2.75, 3.05) is 19.6 Å². The molecule has 0 heterocycles. The normalized spacial score (nSPS) is 10.7. The molecule has 1 amide bonds. The first-order chi connectivity index (χ1) is 11.6. The Bertz CT molecular complexity index is 677. The molecule has 0 aliphatic heterocycles. The summed E-state index contributed by atoms with van der Waals surface area (Å²) in [6.45, 7) is 1.64. The van der Waals surface area contributed by atoms with Gasteiger partial charge in [-0.1, -0.05) is 46.3 Å². The second-order valence-electron chi connectivity index (χ2n) is 5.19. The van der Waals surface area contributed by atoms with E-state index < -0.39 is 0 Å². The van der Waals surface area contributed by atoms with Crippen LogP contribution in [0.3, 0.4) is 0 Å². The lowest BCUT2D eigenvalue weighted by molar-refractivity contribution is 0.0954. The Morgan fingerprint density at radius 3 is 2.32 bits per heavy atom. The first-order valence-corrected chi connectivity index (χ1v) is 8.56. The van der Waals surface area contributed by atoms with Crippen LogP contribution in [-0.4, -0.2) is 31.5 Å². The lowest BCUT2D eigenvalue weighted by atomic mass is 10.2. The van der Waals surface area contributed by atoms with Gasteiger partial charge in [-0.05, 0) is 36.2 Å². The quantitative estimate of drug-likeness (QED) is 0.229. The number of nitrogens with one attached hydrogen (secondary N) is 2. The van der Waals surface area contributed by atoms with E-state index in [0.29, 0.717) is 31.2 Å². The van der Waals surface area contributed by atoms with Gasteiger partial charge in [0, 0.05) is 29.7 Å². The van der Waals surface area contributed by atoms with Crippen LogP contribution >= 0.6 is 39.9 Å². The van der Waals surface area contributed by atoms with E-state index in [2.05, 4.69) is 43.7 Å². The molecule has 2 aromatic carbocycles. The average Bonchev–Trinajstić information content (AvgIpc) is 2.60. The number of hydrogen-bond acceptors (Lipinski definition) is 2. The topological polar surface area (TPSA) is 79.5 Å². The Morgan fingerprint density at radius 1 is 1.00 bits per heavy atom. The van der Waals surface area contributed by atoms with Crippen molar-refractivity contribution in [1.29, 1.82) is 0 Å². The summed E-state index contributed by atoms with van der Waals surface area (Å²) in [7, 11) is 0. The first kappa shape index (κ1) is 21.4. The van der Waals surface area contributed by atoms with Gasteiger partial charge in [-0.2, -0.15) is 0 Å². The van der Waals surface area contributed by atoms with E-state index in [1.807, 2.05) is 30.3 Å². The zero-order chi connectivity index (χ0) is 17.2. The number of carbonyl (C=O) groups excluding carboxylic acids is 1. The predicted molar refractivity (Wildman–Crippen MR) is 117 cm³/mol. The molecule has 0 unspecified atom stereocenters. The fourth-order valence-corrected chi connectivity index (χ4v) is 2.34. The Morgan fingerprint density at radius 2 is 1.64 bits per heavy atom. The van der Waals surface area contributed by atoms with Gasteiger partial charge in [0.05, 0.1) is 0 Å². The Balaban J connectivity index is 0.00000312. The molecule has 7 heteroatoms. The predicted octanol–water partition coefficient (Wildman–Crippen LogP) is 2.94. The lowest BCUT2D eigenvalue weighted by Gasteiger charge is -2.08. The summed E-state index contributed by atoms with van der Waals surface area (Å²) in [5, 5.41) is 5.82. The zero-order valence-electron chi connectivity index (χ0n) is 13.7. The minimum atomic E-state index is -0.108. The largest absolute Gasteiger partial charge is 0.370 e. The van der Waals surface area contributed by atoms with E-state index in [4.69, 9.17) is 5.73 Å². The molecule has 2 aromatic rings. The molecule has 0 radical (unpaired) electrons. The third-order valence-electron chi connectivity index (χ3n) is 3.35. The molecule has 0 aliphatic carbocycles. The second kappa shape index (κ2) is 11.9. The fourth-order valence-electron chi connectivity index (χ4n) is 2.08. The molecule has 4 N–H and O–H groups in total. The number of rotatable bonds is 7. The van der Waals surface area contributed by atoms with E-state index in [1.165, 1.54) is 5.56 Å². The number of aliphatic imine (C=N–C) groups is 1. The number of nitrogens with two attached hydrogens (primary N) is 1. The lowest BCUT2D eigenvalue weighted by Crippen LogP contribution is -2.38. The second-order valence-corrected chi connectivity index (χ2v) is 6.11. The van der Waals surface area contributed by atoms with E-state index in [0.717, 1.165) is 10.9 Å². The number of halogens is 2. The highest BCUT2D eigenvalue weighted by molar-refractivity contribution is 14.0. The number of benzene rings is 2. The summed E-state index contributed by atoms with van der Waals surface area (Å²) in [6, 6.07) is 17.4. The Labute approximate surface area is 173 Å². The van der Waals surface area contributed by atoms with Gasteiger partial charge in [-0.25, -0.2) is 0 Å². The van der Waals surface area contributed by atoms with Crippen LogP contribution in [0.25, 0.3) is 0 Å². The van der Waals surface area contributed by atoms with E-state index in [-0.39, 0.29) is 29.9 Å². The van der Waals surface area contributed by atoms with Gasteiger partial charge < -0.3 is 16.4 Å². The number of nitrogens with zero attached hydrogens (tertiary/aromatic N) is 1. The first-order valence-electron chi connectivity index (χ1n) is 7.76. The van der Waals surface area contributed by atoms with Gasteiger partial charge in [0.1, 0.15) is 0 Å². The number of carbonyl (C=O) groups is 1. The molecule has 0 saturated heterocycles. The molecule has 0 spiro atoms. The van der Waals surface area contributed by atoms with Crippen LogP contribution in [0.5, 0.6) is 0 Å². The standard InChI is InChI=1S/C18H21BrN4O.HI/c19-16-8-6-15(7-9-16)17(24)21-12-13-23-18(20)22-11-10-14-4-2-1-3-5-14;/h1-9H,10-13H2,(H,21,24)(H3,20,22,23);1H. The zero-order valence-corrected chi connectivity index (χ0v) is 17.7. The third kappa shape index (κ3) is 8.35. The fraction of sp³-hybridized carbons (Fsp3) is 0.222. The van der Waals surface area contributed by atoms with Crippen LogP contribution in [0.4, 0.5) is 0 Å². The van der Waals surface area contributed by atoms with Crippen LogP contribution in [0, 0.1) is 0 Å². The molecule has 0 aromatic heterocycles. The number of amides is 1. The van der Waals surface area contributed by atoms with Gasteiger partial charge in [0.15, 0.2) is 5.96 Å². The van der Waals surface area contributed by atoms with Crippen LogP contribution in [0.2, 0.25) is 0 Å². The summed E-state index contributed by atoms with van der Waals surface area (Å²) < 4.78 is 0.945. The van der Waals surface area contributed by atoms with Crippen molar-refractivity contribution in [3.8, 4) is 0 Å². The minimum Gasteiger partial charge on any atom is -0.370 e. The molecule has 5 nitrogen and oxygen atoms in total. The average molecular weight is 517 g/mol. The highest BCUT2D eigenvalue weighted by Gasteiger charge is 2.03. The molecule has 0 saturated carbocycles. The van der Waals surface area contributed by atoms with Crippen LogP contribution in [0.15, 0.2) is 64.1 Å². The SMILES string of the molecule is I.NC(=NCCc1ccccc1)NCCNC(=O)c1ccc(Br)cc1. The highest BCUT2D eigenvalue weighted by Crippen LogP contribution is 2.10. The van der Waals surface area contributed by atoms with Crippen molar-refractivity contribution in [2.45, 2.75) is 6.42 Å². The van der Waals surface area contributed by atoms with Gasteiger partial charge >= 0.3 is 0 Å². The molecule has 2 rings (SSSR count). The van der Waals surface area contributed by atoms with Crippen LogP contribution < -0.4 is 16.4 Å². The van der Waals surface area contributed by atoms with Crippen molar-refractivity contribution >= 4 is 51.8 Å². The molecule has 0 aliphatic rings. The smallest absolute Gasteiger partial charge is 0.251 e. The minimum absolute atomic E-state index is 0. The van der Waals surface area contributed by atoms with Crippen molar-refractivity contribution in [2.24, 2.45) is 10.7 Å². The molecule has 0 fully saturated rings. The van der Waals surface area contributed by atoms with E-state index >= 15 is 0 Å². The maximum Gasteiger partial charge on any atom is 0.251 e. The summed E-state index contributed by atoms with van der Waals surface area (Å²) >= 11 is 3.34. The van der Waals surface area contributed by atoms with Crippen molar-refractivity contribution in [1.82, 2.24) is 10.6 Å². The van der Waals surface area contributed by atoms with Crippen molar-refractivity contribution in [3.63, 3.8) is 0 Å². The van der Waals surface area contributed by atoms with Gasteiger partial charge in [0.2, 0.25) is 0 Å². The van der Waals surface area contributed by atoms with E-state index in [9.17, 15) is 4.79 Å². The van der Waals surface area contributed by atoms with Gasteiger partial charge in [-0.15, -0.1) is 24.0 Å². The Kier molecular flexibility index (Phi) is 10.2. The maximum atomic E-state index is 11.9. The van der Waals surface area contributed by atoms with E-state index in [1.54, 1.807) is 12.1 Å².